The highest BCUT2D eigenvalue weighted by molar-refractivity contribution is 5.32. The predicted octanol–water partition coefficient (Wildman–Crippen LogP) is 2.70. The van der Waals surface area contributed by atoms with E-state index >= 15 is 0 Å². The van der Waals surface area contributed by atoms with Crippen LogP contribution in [-0.2, 0) is 19.4 Å². The van der Waals surface area contributed by atoms with Crippen molar-refractivity contribution in [3.63, 3.8) is 0 Å². The molecule has 0 bridgehead atoms. The van der Waals surface area contributed by atoms with Crippen molar-refractivity contribution in [1.82, 2.24) is 5.32 Å². The van der Waals surface area contributed by atoms with Crippen molar-refractivity contribution in [2.45, 2.75) is 31.3 Å². The molecule has 0 radical (unpaired) electrons. The van der Waals surface area contributed by atoms with Crippen molar-refractivity contribution < 1.29 is 5.11 Å². The largest absolute Gasteiger partial charge is 0.394 e. The molecule has 104 valence electrons. The minimum Gasteiger partial charge on any atom is -0.394 e. The van der Waals surface area contributed by atoms with E-state index in [4.69, 9.17) is 0 Å². The SMILES string of the molecule is OCC1(NCc2ccccc2)CCc2ccccc2C1. The Hall–Kier alpha value is -1.64. The van der Waals surface area contributed by atoms with E-state index in [2.05, 4.69) is 53.8 Å². The Balaban J connectivity index is 1.73. The molecule has 0 heterocycles. The van der Waals surface area contributed by atoms with Crippen LogP contribution >= 0.6 is 0 Å². The third-order valence-electron chi connectivity index (χ3n) is 4.33. The Morgan fingerprint density at radius 1 is 0.950 bits per heavy atom. The molecule has 0 saturated carbocycles. The Morgan fingerprint density at radius 2 is 1.65 bits per heavy atom. The van der Waals surface area contributed by atoms with Crippen molar-refractivity contribution in [3.05, 3.63) is 71.3 Å². The van der Waals surface area contributed by atoms with Crippen LogP contribution in [0.1, 0.15) is 23.1 Å². The fourth-order valence-corrected chi connectivity index (χ4v) is 3.03. The summed E-state index contributed by atoms with van der Waals surface area (Å²) in [5.41, 5.74) is 3.88. The van der Waals surface area contributed by atoms with Crippen LogP contribution in [-0.4, -0.2) is 17.3 Å². The van der Waals surface area contributed by atoms with E-state index in [1.54, 1.807) is 0 Å². The van der Waals surface area contributed by atoms with Crippen LogP contribution in [0.4, 0.5) is 0 Å². The number of aliphatic hydroxyl groups is 1. The number of benzene rings is 2. The molecule has 3 rings (SSSR count). The molecular formula is C18H21NO. The van der Waals surface area contributed by atoms with Gasteiger partial charge in [0, 0.05) is 12.1 Å². The molecule has 2 aromatic rings. The van der Waals surface area contributed by atoms with E-state index in [1.807, 2.05) is 6.07 Å². The summed E-state index contributed by atoms with van der Waals surface area (Å²) in [6.07, 6.45) is 2.94. The third-order valence-corrected chi connectivity index (χ3v) is 4.33. The van der Waals surface area contributed by atoms with Gasteiger partial charge in [-0.1, -0.05) is 54.6 Å². The Bertz CT molecular complexity index is 567. The zero-order chi connectivity index (χ0) is 13.8. The molecule has 0 aromatic heterocycles. The molecule has 2 aromatic carbocycles. The number of hydrogen-bond donors (Lipinski definition) is 2. The van der Waals surface area contributed by atoms with Gasteiger partial charge in [0.25, 0.3) is 0 Å². The first-order valence-electron chi connectivity index (χ1n) is 7.28. The standard InChI is InChI=1S/C18H21NO/c20-14-18(19-13-15-6-2-1-3-7-15)11-10-16-8-4-5-9-17(16)12-18/h1-9,19-20H,10-14H2. The monoisotopic (exact) mass is 267 g/mol. The molecule has 1 aliphatic rings. The second kappa shape index (κ2) is 5.78. The van der Waals surface area contributed by atoms with E-state index in [1.165, 1.54) is 16.7 Å². The van der Waals surface area contributed by atoms with Gasteiger partial charge in [-0.3, -0.25) is 0 Å². The lowest BCUT2D eigenvalue weighted by molar-refractivity contribution is 0.143. The van der Waals surface area contributed by atoms with Crippen LogP contribution in [0.2, 0.25) is 0 Å². The maximum atomic E-state index is 9.88. The van der Waals surface area contributed by atoms with E-state index in [-0.39, 0.29) is 12.1 Å². The smallest absolute Gasteiger partial charge is 0.0616 e. The summed E-state index contributed by atoms with van der Waals surface area (Å²) in [7, 11) is 0. The number of hydrogen-bond acceptors (Lipinski definition) is 2. The van der Waals surface area contributed by atoms with Gasteiger partial charge >= 0.3 is 0 Å². The zero-order valence-electron chi connectivity index (χ0n) is 11.7. The predicted molar refractivity (Wildman–Crippen MR) is 81.6 cm³/mol. The van der Waals surface area contributed by atoms with E-state index in [9.17, 15) is 5.11 Å². The van der Waals surface area contributed by atoms with E-state index in [0.29, 0.717) is 0 Å². The number of aliphatic hydroxyl groups excluding tert-OH is 1. The number of fused-ring (bicyclic) bond motifs is 1. The fourth-order valence-electron chi connectivity index (χ4n) is 3.03. The highest BCUT2D eigenvalue weighted by Crippen LogP contribution is 2.28. The van der Waals surface area contributed by atoms with Crippen LogP contribution in [0.25, 0.3) is 0 Å². The minimum absolute atomic E-state index is 0.176. The molecular weight excluding hydrogens is 246 g/mol. The van der Waals surface area contributed by atoms with Gasteiger partial charge < -0.3 is 10.4 Å². The van der Waals surface area contributed by atoms with Crippen molar-refractivity contribution in [2.24, 2.45) is 0 Å². The molecule has 0 amide bonds. The molecule has 0 spiro atoms. The second-order valence-corrected chi connectivity index (χ2v) is 5.72. The lowest BCUT2D eigenvalue weighted by atomic mass is 9.78. The normalized spacial score (nSPS) is 21.4. The fraction of sp³-hybridized carbons (Fsp3) is 0.333. The quantitative estimate of drug-likeness (QED) is 0.892. The molecule has 1 aliphatic carbocycles. The molecule has 1 unspecified atom stereocenters. The second-order valence-electron chi connectivity index (χ2n) is 5.72. The highest BCUT2D eigenvalue weighted by atomic mass is 16.3. The zero-order valence-corrected chi connectivity index (χ0v) is 11.7. The topological polar surface area (TPSA) is 32.3 Å². The molecule has 2 N–H and O–H groups in total. The first kappa shape index (κ1) is 13.3. The first-order valence-corrected chi connectivity index (χ1v) is 7.28. The average Bonchev–Trinajstić information content (AvgIpc) is 2.54. The van der Waals surface area contributed by atoms with Crippen LogP contribution in [0, 0.1) is 0 Å². The van der Waals surface area contributed by atoms with Crippen molar-refractivity contribution in [1.29, 1.82) is 0 Å². The minimum atomic E-state index is -0.176. The molecule has 0 fully saturated rings. The van der Waals surface area contributed by atoms with Crippen LogP contribution in [0.5, 0.6) is 0 Å². The van der Waals surface area contributed by atoms with Crippen LogP contribution < -0.4 is 5.32 Å². The van der Waals surface area contributed by atoms with Gasteiger partial charge in [0.15, 0.2) is 0 Å². The summed E-state index contributed by atoms with van der Waals surface area (Å²) in [5.74, 6) is 0. The molecule has 0 aliphatic heterocycles. The van der Waals surface area contributed by atoms with E-state index in [0.717, 1.165) is 25.8 Å². The number of nitrogens with one attached hydrogen (secondary N) is 1. The third kappa shape index (κ3) is 2.77. The molecule has 2 nitrogen and oxygen atoms in total. The highest BCUT2D eigenvalue weighted by Gasteiger charge is 2.33. The molecule has 20 heavy (non-hydrogen) atoms. The number of aryl methyl sites for hydroxylation is 1. The van der Waals surface area contributed by atoms with Crippen molar-refractivity contribution in [2.75, 3.05) is 6.61 Å². The maximum Gasteiger partial charge on any atom is 0.0616 e. The molecule has 0 saturated heterocycles. The Labute approximate surface area is 120 Å². The number of rotatable bonds is 4. The molecule has 1 atom stereocenters. The average molecular weight is 267 g/mol. The van der Waals surface area contributed by atoms with Gasteiger partial charge in [-0.25, -0.2) is 0 Å². The van der Waals surface area contributed by atoms with Gasteiger partial charge in [-0.15, -0.1) is 0 Å². The van der Waals surface area contributed by atoms with Crippen molar-refractivity contribution >= 4 is 0 Å². The summed E-state index contributed by atoms with van der Waals surface area (Å²) in [6, 6.07) is 19.0. The van der Waals surface area contributed by atoms with Crippen LogP contribution in [0.15, 0.2) is 54.6 Å². The first-order chi connectivity index (χ1) is 9.81. The van der Waals surface area contributed by atoms with Gasteiger partial charge in [-0.05, 0) is 36.0 Å². The Morgan fingerprint density at radius 3 is 2.40 bits per heavy atom. The maximum absolute atomic E-state index is 9.88. The van der Waals surface area contributed by atoms with Gasteiger partial charge in [-0.2, -0.15) is 0 Å². The Kier molecular flexibility index (Phi) is 3.86. The van der Waals surface area contributed by atoms with Crippen molar-refractivity contribution in [3.8, 4) is 0 Å². The molecule has 2 heteroatoms. The summed E-state index contributed by atoms with van der Waals surface area (Å²) in [5, 5.41) is 13.5. The van der Waals surface area contributed by atoms with Crippen LogP contribution in [0.3, 0.4) is 0 Å². The van der Waals surface area contributed by atoms with Gasteiger partial charge in [0.2, 0.25) is 0 Å². The summed E-state index contributed by atoms with van der Waals surface area (Å²) >= 11 is 0. The van der Waals surface area contributed by atoms with Gasteiger partial charge in [0.1, 0.15) is 0 Å². The summed E-state index contributed by atoms with van der Waals surface area (Å²) in [6.45, 7) is 0.998. The lowest BCUT2D eigenvalue weighted by Gasteiger charge is -2.38. The summed E-state index contributed by atoms with van der Waals surface area (Å²) < 4.78 is 0. The van der Waals surface area contributed by atoms with E-state index < -0.39 is 0 Å². The summed E-state index contributed by atoms with van der Waals surface area (Å²) in [4.78, 5) is 0. The lowest BCUT2D eigenvalue weighted by Crippen LogP contribution is -2.52. The van der Waals surface area contributed by atoms with Gasteiger partial charge in [0.05, 0.1) is 6.61 Å².